The lowest BCUT2D eigenvalue weighted by molar-refractivity contribution is 0.208. The highest BCUT2D eigenvalue weighted by atomic mass is 79.9. The second-order valence-corrected chi connectivity index (χ2v) is 6.13. The van der Waals surface area contributed by atoms with Crippen LogP contribution < -0.4 is 0 Å². The average Bonchev–Trinajstić information content (AvgIpc) is 1.55. The van der Waals surface area contributed by atoms with Crippen molar-refractivity contribution in [1.29, 1.82) is 0 Å². The van der Waals surface area contributed by atoms with Crippen LogP contribution in [0.3, 0.4) is 0 Å². The van der Waals surface area contributed by atoms with Gasteiger partial charge in [0.2, 0.25) is 0 Å². The zero-order valence-corrected chi connectivity index (χ0v) is 10.1. The molecule has 0 rings (SSSR count). The van der Waals surface area contributed by atoms with Crippen LogP contribution in [0, 0.1) is 10.8 Å². The molecule has 0 saturated carbocycles. The van der Waals surface area contributed by atoms with E-state index < -0.39 is 0 Å². The smallest absolute Gasteiger partial charge is 0.00363 e. The maximum Gasteiger partial charge on any atom is 0.00363 e. The number of hydrogen-bond donors (Lipinski definition) is 0. The van der Waals surface area contributed by atoms with Crippen molar-refractivity contribution in [3.63, 3.8) is 0 Å². The van der Waals surface area contributed by atoms with E-state index in [9.17, 15) is 0 Å². The third-order valence-electron chi connectivity index (χ3n) is 1.78. The van der Waals surface area contributed by atoms with Crippen LogP contribution in [0.2, 0.25) is 0 Å². The van der Waals surface area contributed by atoms with Crippen LogP contribution in [-0.2, 0) is 0 Å². The molecule has 0 radical (unpaired) electrons. The predicted octanol–water partition coefficient (Wildman–Crippen LogP) is 4.23. The summed E-state index contributed by atoms with van der Waals surface area (Å²) >= 11 is 3.49. The summed E-state index contributed by atoms with van der Waals surface area (Å²) in [6.07, 6.45) is 2.57. The van der Waals surface area contributed by atoms with Crippen LogP contribution in [0.4, 0.5) is 0 Å². The second kappa shape index (κ2) is 3.93. The molecule has 0 aromatic rings. The lowest BCUT2D eigenvalue weighted by Gasteiger charge is -2.31. The first kappa shape index (κ1) is 11.5. The van der Waals surface area contributed by atoms with Gasteiger partial charge in [-0.25, -0.2) is 0 Å². The Balaban J connectivity index is 3.91. The molecule has 0 fully saturated rings. The van der Waals surface area contributed by atoms with Gasteiger partial charge in [0, 0.05) is 5.33 Å². The average molecular weight is 221 g/mol. The van der Waals surface area contributed by atoms with Crippen LogP contribution >= 0.6 is 15.9 Å². The largest absolute Gasteiger partial charge is 0.0928 e. The highest BCUT2D eigenvalue weighted by Gasteiger charge is 2.24. The number of alkyl halides is 1. The summed E-state index contributed by atoms with van der Waals surface area (Å²) in [6.45, 7) is 11.6. The first-order valence-corrected chi connectivity index (χ1v) is 5.45. The van der Waals surface area contributed by atoms with Gasteiger partial charge >= 0.3 is 0 Å². The van der Waals surface area contributed by atoms with Crippen molar-refractivity contribution < 1.29 is 0 Å². The van der Waals surface area contributed by atoms with E-state index in [0.717, 1.165) is 5.33 Å². The van der Waals surface area contributed by atoms with Crippen LogP contribution in [0.15, 0.2) is 0 Å². The molecule has 0 heterocycles. The molecule has 0 atom stereocenters. The second-order valence-electron chi connectivity index (χ2n) is 5.34. The minimum absolute atomic E-state index is 0.464. The highest BCUT2D eigenvalue weighted by Crippen LogP contribution is 2.35. The molecule has 0 aliphatic heterocycles. The van der Waals surface area contributed by atoms with Gasteiger partial charge in [0.1, 0.15) is 0 Å². The molecule has 0 N–H and O–H groups in total. The Kier molecular flexibility index (Phi) is 4.10. The van der Waals surface area contributed by atoms with E-state index in [0.29, 0.717) is 10.8 Å². The fourth-order valence-corrected chi connectivity index (χ4v) is 2.85. The van der Waals surface area contributed by atoms with Gasteiger partial charge in [0.05, 0.1) is 0 Å². The maximum absolute atomic E-state index is 3.49. The minimum atomic E-state index is 0.464. The summed E-state index contributed by atoms with van der Waals surface area (Å²) in [6, 6.07) is 0. The van der Waals surface area contributed by atoms with Crippen LogP contribution in [0.1, 0.15) is 47.5 Å². The molecule has 0 aliphatic carbocycles. The zero-order chi connectivity index (χ0) is 9.12. The third kappa shape index (κ3) is 6.86. The van der Waals surface area contributed by atoms with E-state index in [-0.39, 0.29) is 0 Å². The van der Waals surface area contributed by atoms with Crippen molar-refractivity contribution >= 4 is 15.9 Å². The molecule has 0 nitrogen and oxygen atoms in total. The van der Waals surface area contributed by atoms with Crippen molar-refractivity contribution in [2.75, 3.05) is 5.33 Å². The Hall–Kier alpha value is 0.480. The normalized spacial score (nSPS) is 13.6. The monoisotopic (exact) mass is 220 g/mol. The summed E-state index contributed by atoms with van der Waals surface area (Å²) in [5.74, 6) is 0. The van der Waals surface area contributed by atoms with E-state index in [1.54, 1.807) is 0 Å². The van der Waals surface area contributed by atoms with Gasteiger partial charge in [-0.05, 0) is 23.7 Å². The van der Waals surface area contributed by atoms with Gasteiger partial charge in [0.25, 0.3) is 0 Å². The van der Waals surface area contributed by atoms with Gasteiger partial charge in [0.15, 0.2) is 0 Å². The summed E-state index contributed by atoms with van der Waals surface area (Å²) < 4.78 is 0. The fourth-order valence-electron chi connectivity index (χ4n) is 1.78. The van der Waals surface area contributed by atoms with Gasteiger partial charge in [-0.3, -0.25) is 0 Å². The quantitative estimate of drug-likeness (QED) is 0.625. The van der Waals surface area contributed by atoms with Gasteiger partial charge in [-0.2, -0.15) is 0 Å². The molecule has 1 heteroatoms. The standard InChI is InChI=1S/C10H21Br/c1-9(2,3)8-10(4,5)6-7-11/h6-8H2,1-5H3. The van der Waals surface area contributed by atoms with Crippen LogP contribution in [0.25, 0.3) is 0 Å². The van der Waals surface area contributed by atoms with E-state index in [4.69, 9.17) is 0 Å². The molecule has 68 valence electrons. The highest BCUT2D eigenvalue weighted by molar-refractivity contribution is 9.09. The summed E-state index contributed by atoms with van der Waals surface area (Å²) in [5.41, 5.74) is 0.952. The van der Waals surface area contributed by atoms with Gasteiger partial charge in [-0.1, -0.05) is 50.5 Å². The summed E-state index contributed by atoms with van der Waals surface area (Å²) in [5, 5.41) is 1.12. The molecule has 0 saturated heterocycles. The Morgan fingerprint density at radius 1 is 1.00 bits per heavy atom. The Morgan fingerprint density at radius 3 is 1.73 bits per heavy atom. The molecule has 0 aromatic heterocycles. The van der Waals surface area contributed by atoms with Gasteiger partial charge < -0.3 is 0 Å². The first-order valence-electron chi connectivity index (χ1n) is 4.33. The Morgan fingerprint density at radius 2 is 1.45 bits per heavy atom. The molecule has 0 aromatic carbocycles. The molecular formula is C10H21Br. The van der Waals surface area contributed by atoms with Crippen molar-refractivity contribution in [3.8, 4) is 0 Å². The summed E-state index contributed by atoms with van der Waals surface area (Å²) in [4.78, 5) is 0. The van der Waals surface area contributed by atoms with Crippen molar-refractivity contribution in [2.24, 2.45) is 10.8 Å². The SMILES string of the molecule is CC(C)(C)CC(C)(C)CCBr. The van der Waals surface area contributed by atoms with Crippen molar-refractivity contribution in [1.82, 2.24) is 0 Å². The Bertz CT molecular complexity index is 109. The fraction of sp³-hybridized carbons (Fsp3) is 1.00. The van der Waals surface area contributed by atoms with Crippen molar-refractivity contribution in [3.05, 3.63) is 0 Å². The topological polar surface area (TPSA) is 0 Å². The number of rotatable bonds is 3. The van der Waals surface area contributed by atoms with E-state index in [1.165, 1.54) is 12.8 Å². The van der Waals surface area contributed by atoms with Gasteiger partial charge in [-0.15, -0.1) is 0 Å². The third-order valence-corrected chi connectivity index (χ3v) is 2.18. The lowest BCUT2D eigenvalue weighted by atomic mass is 9.75. The van der Waals surface area contributed by atoms with E-state index in [2.05, 4.69) is 50.5 Å². The zero-order valence-electron chi connectivity index (χ0n) is 8.50. The molecule has 0 amide bonds. The lowest BCUT2D eigenvalue weighted by Crippen LogP contribution is -2.20. The van der Waals surface area contributed by atoms with Crippen LogP contribution in [-0.4, -0.2) is 5.33 Å². The predicted molar refractivity (Wildman–Crippen MR) is 56.3 cm³/mol. The van der Waals surface area contributed by atoms with Crippen molar-refractivity contribution in [2.45, 2.75) is 47.5 Å². The Labute approximate surface area is 79.9 Å². The van der Waals surface area contributed by atoms with E-state index >= 15 is 0 Å². The van der Waals surface area contributed by atoms with Crippen LogP contribution in [0.5, 0.6) is 0 Å². The molecular weight excluding hydrogens is 200 g/mol. The maximum atomic E-state index is 3.49. The molecule has 0 unspecified atom stereocenters. The summed E-state index contributed by atoms with van der Waals surface area (Å²) in [7, 11) is 0. The molecule has 11 heavy (non-hydrogen) atoms. The molecule has 0 bridgehead atoms. The minimum Gasteiger partial charge on any atom is -0.0928 e. The number of hydrogen-bond acceptors (Lipinski definition) is 0. The molecule has 0 spiro atoms. The molecule has 0 aliphatic rings. The number of halogens is 1. The van der Waals surface area contributed by atoms with E-state index in [1.807, 2.05) is 0 Å². The first-order chi connectivity index (χ1) is 4.77.